The molecule has 14 heavy (non-hydrogen) atoms. The minimum absolute atomic E-state index is 0.0538. The standard InChI is InChI=1S/C10H18O3S/c1-8(2)10(14(11,12)13)6-4-9(3)5-7-10/h4,8H,5-7H2,1-3H3,(H,11,12,13). The zero-order chi connectivity index (χ0) is 11.0. The van der Waals surface area contributed by atoms with Gasteiger partial charge in [-0.05, 0) is 32.1 Å². The van der Waals surface area contributed by atoms with E-state index in [1.165, 1.54) is 5.57 Å². The van der Waals surface area contributed by atoms with Crippen LogP contribution in [-0.2, 0) is 10.1 Å². The van der Waals surface area contributed by atoms with Gasteiger partial charge in [0.05, 0.1) is 0 Å². The minimum atomic E-state index is -3.95. The van der Waals surface area contributed by atoms with Crippen LogP contribution >= 0.6 is 0 Å². The summed E-state index contributed by atoms with van der Waals surface area (Å²) in [5.41, 5.74) is 1.21. The molecule has 1 aliphatic carbocycles. The summed E-state index contributed by atoms with van der Waals surface area (Å²) in [6.07, 6.45) is 3.66. The third kappa shape index (κ3) is 1.86. The second-order valence-corrected chi connectivity index (χ2v) is 6.21. The van der Waals surface area contributed by atoms with Gasteiger partial charge < -0.3 is 0 Å². The molecule has 0 aromatic heterocycles. The van der Waals surface area contributed by atoms with E-state index in [-0.39, 0.29) is 5.92 Å². The zero-order valence-electron chi connectivity index (χ0n) is 8.95. The lowest BCUT2D eigenvalue weighted by Gasteiger charge is -2.36. The second kappa shape index (κ2) is 3.66. The fraction of sp³-hybridized carbons (Fsp3) is 0.800. The highest BCUT2D eigenvalue weighted by molar-refractivity contribution is 7.87. The second-order valence-electron chi connectivity index (χ2n) is 4.45. The Morgan fingerprint density at radius 3 is 2.36 bits per heavy atom. The maximum atomic E-state index is 11.4. The van der Waals surface area contributed by atoms with Crippen LogP contribution in [0.15, 0.2) is 11.6 Å². The maximum absolute atomic E-state index is 11.4. The molecule has 4 heteroatoms. The summed E-state index contributed by atoms with van der Waals surface area (Å²) in [5, 5.41) is 0. The van der Waals surface area contributed by atoms with Crippen molar-refractivity contribution in [3.63, 3.8) is 0 Å². The van der Waals surface area contributed by atoms with E-state index in [0.717, 1.165) is 6.42 Å². The van der Waals surface area contributed by atoms with Crippen LogP contribution in [0, 0.1) is 5.92 Å². The van der Waals surface area contributed by atoms with Crippen LogP contribution < -0.4 is 0 Å². The normalized spacial score (nSPS) is 29.1. The van der Waals surface area contributed by atoms with Crippen LogP contribution in [0.5, 0.6) is 0 Å². The Morgan fingerprint density at radius 2 is 2.07 bits per heavy atom. The minimum Gasteiger partial charge on any atom is -0.285 e. The Kier molecular flexibility index (Phi) is 3.07. The number of hydrogen-bond acceptors (Lipinski definition) is 2. The first-order valence-corrected chi connectivity index (χ1v) is 6.36. The van der Waals surface area contributed by atoms with Crippen molar-refractivity contribution in [1.29, 1.82) is 0 Å². The molecular weight excluding hydrogens is 200 g/mol. The smallest absolute Gasteiger partial charge is 0.271 e. The Hall–Kier alpha value is -0.350. The summed E-state index contributed by atoms with van der Waals surface area (Å²) >= 11 is 0. The van der Waals surface area contributed by atoms with Crippen LogP contribution in [0.3, 0.4) is 0 Å². The zero-order valence-corrected chi connectivity index (χ0v) is 9.76. The fourth-order valence-corrected chi connectivity index (χ4v) is 3.27. The van der Waals surface area contributed by atoms with Crippen molar-refractivity contribution in [2.75, 3.05) is 0 Å². The third-order valence-electron chi connectivity index (χ3n) is 3.30. The van der Waals surface area contributed by atoms with Crippen LogP contribution in [0.25, 0.3) is 0 Å². The SMILES string of the molecule is CC1=CCC(C(C)C)(S(=O)(=O)O)CC1. The summed E-state index contributed by atoms with van der Waals surface area (Å²) in [6.45, 7) is 5.69. The molecule has 1 atom stereocenters. The first kappa shape index (κ1) is 11.7. The van der Waals surface area contributed by atoms with E-state index in [1.807, 2.05) is 26.8 Å². The molecule has 1 N–H and O–H groups in total. The molecule has 0 amide bonds. The molecule has 0 fully saturated rings. The van der Waals surface area contributed by atoms with E-state index < -0.39 is 14.9 Å². The molecule has 1 aliphatic rings. The molecule has 0 saturated carbocycles. The van der Waals surface area contributed by atoms with Crippen LogP contribution in [0.4, 0.5) is 0 Å². The average molecular weight is 218 g/mol. The molecule has 0 heterocycles. The van der Waals surface area contributed by atoms with Crippen molar-refractivity contribution in [2.45, 2.75) is 44.8 Å². The fourth-order valence-electron chi connectivity index (χ4n) is 2.02. The van der Waals surface area contributed by atoms with Gasteiger partial charge in [-0.3, -0.25) is 4.55 Å². The van der Waals surface area contributed by atoms with Gasteiger partial charge in [-0.15, -0.1) is 0 Å². The summed E-state index contributed by atoms with van der Waals surface area (Å²) < 4.78 is 31.1. The predicted octanol–water partition coefficient (Wildman–Crippen LogP) is 2.40. The van der Waals surface area contributed by atoms with Gasteiger partial charge >= 0.3 is 0 Å². The Balaban J connectivity index is 3.10. The lowest BCUT2D eigenvalue weighted by Crippen LogP contribution is -2.44. The van der Waals surface area contributed by atoms with E-state index >= 15 is 0 Å². The maximum Gasteiger partial charge on any atom is 0.271 e. The highest BCUT2D eigenvalue weighted by Crippen LogP contribution is 2.39. The van der Waals surface area contributed by atoms with Crippen LogP contribution in [-0.4, -0.2) is 17.7 Å². The molecular formula is C10H18O3S. The van der Waals surface area contributed by atoms with Gasteiger partial charge in [-0.25, -0.2) is 0 Å². The molecule has 0 bridgehead atoms. The Labute approximate surface area is 86.0 Å². The number of rotatable bonds is 2. The lowest BCUT2D eigenvalue weighted by molar-refractivity contribution is 0.331. The monoisotopic (exact) mass is 218 g/mol. The predicted molar refractivity (Wildman–Crippen MR) is 56.7 cm³/mol. The van der Waals surface area contributed by atoms with Gasteiger partial charge in [-0.2, -0.15) is 8.42 Å². The van der Waals surface area contributed by atoms with Crippen molar-refractivity contribution in [1.82, 2.24) is 0 Å². The topological polar surface area (TPSA) is 54.4 Å². The van der Waals surface area contributed by atoms with Gasteiger partial charge in [-0.1, -0.05) is 25.5 Å². The van der Waals surface area contributed by atoms with Crippen molar-refractivity contribution in [3.05, 3.63) is 11.6 Å². The highest BCUT2D eigenvalue weighted by Gasteiger charge is 2.45. The Bertz CT molecular complexity index is 340. The molecule has 0 aromatic rings. The summed E-state index contributed by atoms with van der Waals surface area (Å²) in [4.78, 5) is 0. The molecule has 82 valence electrons. The molecule has 1 rings (SSSR count). The van der Waals surface area contributed by atoms with Crippen molar-refractivity contribution in [3.8, 4) is 0 Å². The molecule has 0 radical (unpaired) electrons. The summed E-state index contributed by atoms with van der Waals surface area (Å²) in [7, 11) is -3.95. The molecule has 0 aromatic carbocycles. The van der Waals surface area contributed by atoms with Crippen molar-refractivity contribution in [2.24, 2.45) is 5.92 Å². The van der Waals surface area contributed by atoms with Crippen LogP contribution in [0.1, 0.15) is 40.0 Å². The van der Waals surface area contributed by atoms with Gasteiger partial charge in [0.15, 0.2) is 0 Å². The Morgan fingerprint density at radius 1 is 1.50 bits per heavy atom. The van der Waals surface area contributed by atoms with E-state index in [0.29, 0.717) is 12.8 Å². The highest BCUT2D eigenvalue weighted by atomic mass is 32.2. The molecule has 0 aliphatic heterocycles. The quantitative estimate of drug-likeness (QED) is 0.572. The van der Waals surface area contributed by atoms with Crippen molar-refractivity contribution < 1.29 is 13.0 Å². The molecule has 0 spiro atoms. The average Bonchev–Trinajstić information content (AvgIpc) is 2.02. The number of allylic oxidation sites excluding steroid dienone is 2. The van der Waals surface area contributed by atoms with E-state index in [4.69, 9.17) is 0 Å². The molecule has 1 unspecified atom stereocenters. The van der Waals surface area contributed by atoms with E-state index in [9.17, 15) is 13.0 Å². The van der Waals surface area contributed by atoms with Crippen molar-refractivity contribution >= 4 is 10.1 Å². The molecule has 0 saturated heterocycles. The van der Waals surface area contributed by atoms with E-state index in [1.54, 1.807) is 0 Å². The van der Waals surface area contributed by atoms with Gasteiger partial charge in [0, 0.05) is 0 Å². The van der Waals surface area contributed by atoms with Gasteiger partial charge in [0.25, 0.3) is 10.1 Å². The lowest BCUT2D eigenvalue weighted by atomic mass is 9.82. The third-order valence-corrected chi connectivity index (χ3v) is 5.17. The molecule has 3 nitrogen and oxygen atoms in total. The summed E-state index contributed by atoms with van der Waals surface area (Å²) in [6, 6.07) is 0. The largest absolute Gasteiger partial charge is 0.285 e. The number of hydrogen-bond donors (Lipinski definition) is 1. The van der Waals surface area contributed by atoms with Gasteiger partial charge in [0.1, 0.15) is 4.75 Å². The first-order valence-electron chi connectivity index (χ1n) is 4.92. The van der Waals surface area contributed by atoms with Gasteiger partial charge in [0.2, 0.25) is 0 Å². The summed E-state index contributed by atoms with van der Waals surface area (Å²) in [5.74, 6) is -0.0538. The first-order chi connectivity index (χ1) is 6.29. The van der Waals surface area contributed by atoms with E-state index in [2.05, 4.69) is 0 Å². The van der Waals surface area contributed by atoms with Crippen LogP contribution in [0.2, 0.25) is 0 Å².